The van der Waals surface area contributed by atoms with Crippen LogP contribution in [0.4, 0.5) is 0 Å². The van der Waals surface area contributed by atoms with E-state index in [1.54, 1.807) is 7.11 Å². The lowest BCUT2D eigenvalue weighted by molar-refractivity contribution is -0.0371. The van der Waals surface area contributed by atoms with Crippen LogP contribution in [-0.4, -0.2) is 29.5 Å². The van der Waals surface area contributed by atoms with E-state index in [1.165, 1.54) is 11.1 Å². The fourth-order valence-corrected chi connectivity index (χ4v) is 4.98. The van der Waals surface area contributed by atoms with E-state index in [0.717, 1.165) is 31.4 Å². The fourth-order valence-electron chi connectivity index (χ4n) is 4.98. The highest BCUT2D eigenvalue weighted by Crippen LogP contribution is 2.52. The fraction of sp³-hybridized carbons (Fsp3) is 0.600. The summed E-state index contributed by atoms with van der Waals surface area (Å²) in [7, 11) is 1.68. The molecule has 0 amide bonds. The van der Waals surface area contributed by atoms with Crippen LogP contribution in [-0.2, 0) is 6.42 Å². The van der Waals surface area contributed by atoms with E-state index in [9.17, 15) is 10.2 Å². The van der Waals surface area contributed by atoms with Gasteiger partial charge in [-0.05, 0) is 67.7 Å². The van der Waals surface area contributed by atoms with Crippen LogP contribution >= 0.6 is 0 Å². The largest absolute Gasteiger partial charge is 0.497 e. The van der Waals surface area contributed by atoms with Gasteiger partial charge in [0.15, 0.2) is 0 Å². The van der Waals surface area contributed by atoms with E-state index in [2.05, 4.69) is 18.7 Å². The van der Waals surface area contributed by atoms with Crippen LogP contribution in [0.1, 0.15) is 43.2 Å². The molecule has 2 N–H and O–H groups in total. The third-order valence-corrected chi connectivity index (χ3v) is 6.30. The Hall–Kier alpha value is -1.32. The predicted molar refractivity (Wildman–Crippen MR) is 91.7 cm³/mol. The van der Waals surface area contributed by atoms with Crippen LogP contribution < -0.4 is 4.74 Å². The van der Waals surface area contributed by atoms with Gasteiger partial charge in [0.25, 0.3) is 0 Å². The molecule has 0 spiro atoms. The van der Waals surface area contributed by atoms with Crippen LogP contribution in [0.15, 0.2) is 30.9 Å². The maximum atomic E-state index is 11.0. The van der Waals surface area contributed by atoms with Crippen molar-refractivity contribution in [2.75, 3.05) is 13.7 Å². The van der Waals surface area contributed by atoms with Crippen molar-refractivity contribution in [3.63, 3.8) is 0 Å². The van der Waals surface area contributed by atoms with E-state index in [4.69, 9.17) is 4.74 Å². The number of benzene rings is 1. The molecule has 0 aliphatic heterocycles. The predicted octanol–water partition coefficient (Wildman–Crippen LogP) is 3.30. The maximum Gasteiger partial charge on any atom is 0.119 e. The van der Waals surface area contributed by atoms with Crippen LogP contribution in [0, 0.1) is 17.8 Å². The zero-order chi connectivity index (χ0) is 16.6. The molecular formula is C20H28O3. The minimum Gasteiger partial charge on any atom is -0.497 e. The molecule has 1 aromatic carbocycles. The summed E-state index contributed by atoms with van der Waals surface area (Å²) in [5, 5.41) is 21.1. The first-order valence-corrected chi connectivity index (χ1v) is 8.65. The molecule has 1 fully saturated rings. The van der Waals surface area contributed by atoms with Gasteiger partial charge in [-0.25, -0.2) is 0 Å². The highest BCUT2D eigenvalue weighted by Gasteiger charge is 2.49. The highest BCUT2D eigenvalue weighted by molar-refractivity contribution is 5.40. The second-order valence-corrected chi connectivity index (χ2v) is 7.31. The number of aliphatic hydroxyl groups excluding tert-OH is 1. The number of hydrogen-bond donors (Lipinski definition) is 2. The van der Waals surface area contributed by atoms with Gasteiger partial charge in [0.2, 0.25) is 0 Å². The smallest absolute Gasteiger partial charge is 0.119 e. The van der Waals surface area contributed by atoms with Crippen molar-refractivity contribution < 1.29 is 14.9 Å². The molecule has 126 valence electrons. The topological polar surface area (TPSA) is 49.7 Å². The second kappa shape index (κ2) is 6.29. The number of methoxy groups -OCH3 is 1. The summed E-state index contributed by atoms with van der Waals surface area (Å²) < 4.78 is 5.32. The Balaban J connectivity index is 1.91. The summed E-state index contributed by atoms with van der Waals surface area (Å²) in [5.74, 6) is 1.67. The molecule has 2 aliphatic carbocycles. The van der Waals surface area contributed by atoms with Crippen molar-refractivity contribution >= 4 is 0 Å². The van der Waals surface area contributed by atoms with Crippen LogP contribution in [0.25, 0.3) is 0 Å². The first-order valence-electron chi connectivity index (χ1n) is 8.65. The second-order valence-electron chi connectivity index (χ2n) is 7.31. The Morgan fingerprint density at radius 2 is 2.13 bits per heavy atom. The zero-order valence-electron chi connectivity index (χ0n) is 14.2. The normalized spacial score (nSPS) is 36.5. The Labute approximate surface area is 139 Å². The van der Waals surface area contributed by atoms with Crippen LogP contribution in [0.5, 0.6) is 5.75 Å². The van der Waals surface area contributed by atoms with Crippen LogP contribution in [0.2, 0.25) is 0 Å². The Bertz CT molecular complexity index is 578. The third kappa shape index (κ3) is 2.70. The van der Waals surface area contributed by atoms with E-state index in [1.807, 2.05) is 19.1 Å². The van der Waals surface area contributed by atoms with Crippen molar-refractivity contribution in [1.82, 2.24) is 0 Å². The van der Waals surface area contributed by atoms with Gasteiger partial charge >= 0.3 is 0 Å². The quantitative estimate of drug-likeness (QED) is 0.838. The van der Waals surface area contributed by atoms with Gasteiger partial charge in [-0.1, -0.05) is 12.1 Å². The molecule has 0 heterocycles. The van der Waals surface area contributed by atoms with Crippen LogP contribution in [0.3, 0.4) is 0 Å². The summed E-state index contributed by atoms with van der Waals surface area (Å²) in [6, 6.07) is 6.16. The first-order chi connectivity index (χ1) is 11.0. The van der Waals surface area contributed by atoms with E-state index in [-0.39, 0.29) is 24.4 Å². The molecule has 1 aromatic rings. The molecule has 3 nitrogen and oxygen atoms in total. The number of aryl methyl sites for hydroxylation is 1. The van der Waals surface area contributed by atoms with Gasteiger partial charge < -0.3 is 14.9 Å². The summed E-state index contributed by atoms with van der Waals surface area (Å²) in [4.78, 5) is 0. The van der Waals surface area contributed by atoms with Gasteiger partial charge in [0.1, 0.15) is 5.75 Å². The monoisotopic (exact) mass is 316 g/mol. The van der Waals surface area contributed by atoms with Crippen molar-refractivity contribution in [3.8, 4) is 5.75 Å². The molecule has 0 saturated heterocycles. The van der Waals surface area contributed by atoms with Gasteiger partial charge in [-0.2, -0.15) is 0 Å². The lowest BCUT2D eigenvalue weighted by Crippen LogP contribution is -2.42. The first kappa shape index (κ1) is 16.5. The minimum absolute atomic E-state index is 0.102. The van der Waals surface area contributed by atoms with Crippen molar-refractivity contribution in [2.45, 2.75) is 44.1 Å². The van der Waals surface area contributed by atoms with Crippen molar-refractivity contribution in [3.05, 3.63) is 42.0 Å². The molecule has 0 aromatic heterocycles. The Kier molecular flexibility index (Phi) is 4.52. The molecule has 23 heavy (non-hydrogen) atoms. The molecule has 1 saturated carbocycles. The highest BCUT2D eigenvalue weighted by atomic mass is 16.5. The molecule has 0 bridgehead atoms. The average Bonchev–Trinajstić information content (AvgIpc) is 2.87. The van der Waals surface area contributed by atoms with Gasteiger partial charge in [0.05, 0.1) is 19.3 Å². The number of rotatable bonds is 4. The number of fused-ring (bicyclic) bond motifs is 1. The zero-order valence-corrected chi connectivity index (χ0v) is 14.2. The minimum atomic E-state index is -0.718. The Morgan fingerprint density at radius 1 is 1.35 bits per heavy atom. The van der Waals surface area contributed by atoms with Crippen molar-refractivity contribution in [1.29, 1.82) is 0 Å². The lowest BCUT2D eigenvalue weighted by atomic mass is 9.65. The molecule has 3 heteroatoms. The Morgan fingerprint density at radius 3 is 2.74 bits per heavy atom. The standard InChI is InChI=1S/C20H28O3/c1-4-14-6-10-19(20(14,2)22)17-8-5-13-11-15(23-3)7-9-16(13)18(17)12-21/h4,7,9,11,14,17-19,21-22H,1,5-6,8,10,12H2,2-3H3/t14-,17-,18-,19+,20+/m1/s1. The molecular weight excluding hydrogens is 288 g/mol. The molecule has 0 radical (unpaired) electrons. The summed E-state index contributed by atoms with van der Waals surface area (Å²) in [5.41, 5.74) is 1.78. The lowest BCUT2D eigenvalue weighted by Gasteiger charge is -2.42. The molecule has 5 atom stereocenters. The summed E-state index contributed by atoms with van der Waals surface area (Å²) >= 11 is 0. The molecule has 2 aliphatic rings. The van der Waals surface area contributed by atoms with E-state index < -0.39 is 5.60 Å². The number of ether oxygens (including phenoxy) is 1. The molecule has 3 rings (SSSR count). The SMILES string of the molecule is C=C[C@@H]1CC[C@@H]([C@@H]2CCc3cc(OC)ccc3[C@H]2CO)[C@@]1(C)O. The van der Waals surface area contributed by atoms with E-state index in [0.29, 0.717) is 5.92 Å². The summed E-state index contributed by atoms with van der Waals surface area (Å²) in [6.45, 7) is 5.98. The summed E-state index contributed by atoms with van der Waals surface area (Å²) in [6.07, 6.45) is 5.90. The van der Waals surface area contributed by atoms with E-state index >= 15 is 0 Å². The maximum absolute atomic E-state index is 11.0. The average molecular weight is 316 g/mol. The number of hydrogen-bond acceptors (Lipinski definition) is 3. The van der Waals surface area contributed by atoms with Gasteiger partial charge in [0, 0.05) is 11.8 Å². The molecule has 0 unspecified atom stereocenters. The number of aliphatic hydroxyl groups is 2. The van der Waals surface area contributed by atoms with Gasteiger partial charge in [-0.3, -0.25) is 0 Å². The van der Waals surface area contributed by atoms with Crippen molar-refractivity contribution in [2.24, 2.45) is 17.8 Å². The van der Waals surface area contributed by atoms with Gasteiger partial charge in [-0.15, -0.1) is 6.58 Å². The third-order valence-electron chi connectivity index (χ3n) is 6.30.